The molecule has 1 saturated heterocycles. The first-order valence-corrected chi connectivity index (χ1v) is 9.92. The Morgan fingerprint density at radius 1 is 1.07 bits per heavy atom. The van der Waals surface area contributed by atoms with Crippen molar-refractivity contribution in [1.82, 2.24) is 9.29 Å². The van der Waals surface area contributed by atoms with E-state index in [0.29, 0.717) is 35.4 Å². The first-order valence-electron chi connectivity index (χ1n) is 8.48. The first-order chi connectivity index (χ1) is 12.9. The Hall–Kier alpha value is -2.91. The van der Waals surface area contributed by atoms with Gasteiger partial charge in [-0.2, -0.15) is 4.31 Å². The van der Waals surface area contributed by atoms with E-state index in [9.17, 15) is 18.0 Å². The summed E-state index contributed by atoms with van der Waals surface area (Å²) in [6.45, 7) is 1.06. The maximum absolute atomic E-state index is 12.5. The van der Waals surface area contributed by atoms with Crippen molar-refractivity contribution in [3.05, 3.63) is 58.6 Å². The average Bonchev–Trinajstić information content (AvgIpc) is 3.30. The largest absolute Gasteiger partial charge is 0.417 e. The van der Waals surface area contributed by atoms with Crippen LogP contribution in [-0.2, 0) is 10.0 Å². The van der Waals surface area contributed by atoms with Gasteiger partial charge in [0.15, 0.2) is 5.58 Å². The number of aromatic nitrogens is 1. The monoisotopic (exact) mass is 387 g/mol. The zero-order chi connectivity index (χ0) is 19.0. The molecule has 2 heterocycles. The number of aromatic amines is 1. The van der Waals surface area contributed by atoms with Gasteiger partial charge in [-0.25, -0.2) is 13.2 Å². The van der Waals surface area contributed by atoms with Crippen molar-refractivity contribution in [3.8, 4) is 0 Å². The number of carbonyl (C=O) groups is 1. The molecule has 2 N–H and O–H groups in total. The van der Waals surface area contributed by atoms with Crippen molar-refractivity contribution < 1.29 is 17.6 Å². The van der Waals surface area contributed by atoms with Crippen LogP contribution < -0.4 is 11.1 Å². The number of fused-ring (bicyclic) bond motifs is 1. The summed E-state index contributed by atoms with van der Waals surface area (Å²) in [5.74, 6) is -0.950. The van der Waals surface area contributed by atoms with Crippen LogP contribution in [0, 0.1) is 0 Å². The number of amides is 1. The smallest absolute Gasteiger partial charge is 0.408 e. The first kappa shape index (κ1) is 17.5. The second-order valence-electron chi connectivity index (χ2n) is 6.32. The lowest BCUT2D eigenvalue weighted by atomic mass is 10.2. The molecule has 0 saturated carbocycles. The Labute approximate surface area is 154 Å². The van der Waals surface area contributed by atoms with E-state index in [1.54, 1.807) is 18.2 Å². The van der Waals surface area contributed by atoms with Gasteiger partial charge in [-0.05, 0) is 55.3 Å². The van der Waals surface area contributed by atoms with Crippen LogP contribution in [0.5, 0.6) is 0 Å². The summed E-state index contributed by atoms with van der Waals surface area (Å²) < 4.78 is 31.4. The molecule has 4 rings (SSSR count). The summed E-state index contributed by atoms with van der Waals surface area (Å²) in [7, 11) is -3.50. The highest BCUT2D eigenvalue weighted by Gasteiger charge is 2.27. The minimum atomic E-state index is -3.50. The molecule has 0 unspecified atom stereocenters. The number of nitrogens with one attached hydrogen (secondary N) is 2. The molecule has 1 aliphatic heterocycles. The van der Waals surface area contributed by atoms with Crippen molar-refractivity contribution >= 4 is 32.7 Å². The van der Waals surface area contributed by atoms with Crippen LogP contribution in [0.3, 0.4) is 0 Å². The van der Waals surface area contributed by atoms with Crippen LogP contribution in [0.2, 0.25) is 0 Å². The highest BCUT2D eigenvalue weighted by Crippen LogP contribution is 2.22. The molecule has 0 aliphatic carbocycles. The zero-order valence-corrected chi connectivity index (χ0v) is 15.1. The maximum Gasteiger partial charge on any atom is 0.417 e. The third-order valence-corrected chi connectivity index (χ3v) is 6.41. The Balaban J connectivity index is 1.52. The summed E-state index contributed by atoms with van der Waals surface area (Å²) in [5.41, 5.74) is 1.69. The number of benzene rings is 2. The number of nitrogens with zero attached hydrogens (tertiary/aromatic N) is 1. The number of H-pyrrole nitrogens is 1. The molecule has 1 aromatic heterocycles. The Bertz CT molecular complexity index is 1160. The van der Waals surface area contributed by atoms with E-state index in [-0.39, 0.29) is 10.8 Å². The molecule has 1 aliphatic rings. The van der Waals surface area contributed by atoms with Gasteiger partial charge in [0.2, 0.25) is 10.0 Å². The second-order valence-corrected chi connectivity index (χ2v) is 8.25. The number of hydrogen-bond acceptors (Lipinski definition) is 5. The molecule has 9 heteroatoms. The number of carbonyl (C=O) groups excluding carboxylic acids is 1. The summed E-state index contributed by atoms with van der Waals surface area (Å²) in [6.07, 6.45) is 1.73. The highest BCUT2D eigenvalue weighted by molar-refractivity contribution is 7.89. The second kappa shape index (κ2) is 6.67. The molecular formula is C18H17N3O5S. The number of hydrogen-bond donors (Lipinski definition) is 2. The molecule has 140 valence electrons. The predicted octanol–water partition coefficient (Wildman–Crippen LogP) is 2.16. The van der Waals surface area contributed by atoms with E-state index in [0.717, 1.165) is 12.8 Å². The van der Waals surface area contributed by atoms with Crippen LogP contribution >= 0.6 is 0 Å². The molecule has 1 fully saturated rings. The van der Waals surface area contributed by atoms with E-state index in [1.165, 1.54) is 28.6 Å². The molecule has 27 heavy (non-hydrogen) atoms. The van der Waals surface area contributed by atoms with Gasteiger partial charge in [-0.15, -0.1) is 0 Å². The fourth-order valence-corrected chi connectivity index (χ4v) is 4.61. The van der Waals surface area contributed by atoms with Crippen LogP contribution in [0.15, 0.2) is 56.6 Å². The molecule has 0 spiro atoms. The fraction of sp³-hybridized carbons (Fsp3) is 0.222. The van der Waals surface area contributed by atoms with Gasteiger partial charge in [0, 0.05) is 24.3 Å². The number of sulfonamides is 1. The zero-order valence-electron chi connectivity index (χ0n) is 14.3. The van der Waals surface area contributed by atoms with Gasteiger partial charge in [0.05, 0.1) is 10.4 Å². The normalized spacial score (nSPS) is 15.3. The quantitative estimate of drug-likeness (QED) is 0.712. The SMILES string of the molecule is O=C(Nc1ccc2oc(=O)[nH]c2c1)c1ccc(S(=O)(=O)N2CCCC2)cc1. The third-order valence-electron chi connectivity index (χ3n) is 4.50. The lowest BCUT2D eigenvalue weighted by molar-refractivity contribution is 0.102. The van der Waals surface area contributed by atoms with Crippen LogP contribution in [0.25, 0.3) is 11.1 Å². The van der Waals surface area contributed by atoms with E-state index < -0.39 is 15.8 Å². The lowest BCUT2D eigenvalue weighted by Crippen LogP contribution is -2.27. The maximum atomic E-state index is 12.5. The Morgan fingerprint density at radius 2 is 1.78 bits per heavy atom. The van der Waals surface area contributed by atoms with Crippen molar-refractivity contribution in [2.75, 3.05) is 18.4 Å². The number of oxazole rings is 1. The van der Waals surface area contributed by atoms with Gasteiger partial charge < -0.3 is 9.73 Å². The minimum absolute atomic E-state index is 0.179. The Kier molecular flexibility index (Phi) is 4.33. The molecule has 2 aromatic carbocycles. The fourth-order valence-electron chi connectivity index (χ4n) is 3.09. The molecular weight excluding hydrogens is 370 g/mol. The summed E-state index contributed by atoms with van der Waals surface area (Å²) in [5, 5.41) is 2.71. The molecule has 3 aromatic rings. The van der Waals surface area contributed by atoms with Crippen molar-refractivity contribution in [1.29, 1.82) is 0 Å². The molecule has 0 bridgehead atoms. The Morgan fingerprint density at radius 3 is 2.48 bits per heavy atom. The van der Waals surface area contributed by atoms with Crippen molar-refractivity contribution in [2.24, 2.45) is 0 Å². The minimum Gasteiger partial charge on any atom is -0.408 e. The predicted molar refractivity (Wildman–Crippen MR) is 99.2 cm³/mol. The standard InChI is InChI=1S/C18H17N3O5S/c22-17(19-13-5-8-16-15(11-13)20-18(23)26-16)12-3-6-14(7-4-12)27(24,25)21-9-1-2-10-21/h3-8,11H,1-2,9-10H2,(H,19,22)(H,20,23). The van der Waals surface area contributed by atoms with Crippen molar-refractivity contribution in [2.45, 2.75) is 17.7 Å². The lowest BCUT2D eigenvalue weighted by Gasteiger charge is -2.15. The van der Waals surface area contributed by atoms with E-state index >= 15 is 0 Å². The van der Waals surface area contributed by atoms with Gasteiger partial charge >= 0.3 is 5.76 Å². The summed E-state index contributed by atoms with van der Waals surface area (Å²) in [6, 6.07) is 10.6. The van der Waals surface area contributed by atoms with E-state index in [1.807, 2.05) is 0 Å². The van der Waals surface area contributed by atoms with Crippen LogP contribution in [-0.4, -0.2) is 36.7 Å². The van der Waals surface area contributed by atoms with E-state index in [2.05, 4.69) is 10.3 Å². The number of rotatable bonds is 4. The van der Waals surface area contributed by atoms with Crippen LogP contribution in [0.1, 0.15) is 23.2 Å². The molecule has 8 nitrogen and oxygen atoms in total. The van der Waals surface area contributed by atoms with E-state index in [4.69, 9.17) is 4.42 Å². The molecule has 0 radical (unpaired) electrons. The highest BCUT2D eigenvalue weighted by atomic mass is 32.2. The topological polar surface area (TPSA) is 112 Å². The average molecular weight is 387 g/mol. The van der Waals surface area contributed by atoms with Gasteiger partial charge in [-0.3, -0.25) is 9.78 Å². The van der Waals surface area contributed by atoms with Gasteiger partial charge in [0.1, 0.15) is 0 Å². The third kappa shape index (κ3) is 3.38. The molecule has 0 atom stereocenters. The molecule has 1 amide bonds. The van der Waals surface area contributed by atoms with Crippen molar-refractivity contribution in [3.63, 3.8) is 0 Å². The summed E-state index contributed by atoms with van der Waals surface area (Å²) in [4.78, 5) is 26.3. The summed E-state index contributed by atoms with van der Waals surface area (Å²) >= 11 is 0. The number of anilines is 1. The van der Waals surface area contributed by atoms with Gasteiger partial charge in [-0.1, -0.05) is 0 Å². The van der Waals surface area contributed by atoms with Gasteiger partial charge in [0.25, 0.3) is 5.91 Å². The van der Waals surface area contributed by atoms with Crippen LogP contribution in [0.4, 0.5) is 5.69 Å².